The average molecular weight is 605 g/mol. The van der Waals surface area contributed by atoms with Gasteiger partial charge in [0.05, 0.1) is 10.4 Å². The van der Waals surface area contributed by atoms with E-state index in [1.165, 1.54) is 17.8 Å². The molecular formula is C32H37ClN6O2S. The summed E-state index contributed by atoms with van der Waals surface area (Å²) in [6.07, 6.45) is 4.07. The highest BCUT2D eigenvalue weighted by Gasteiger charge is 2.25. The molecule has 220 valence electrons. The highest BCUT2D eigenvalue weighted by Crippen LogP contribution is 2.30. The van der Waals surface area contributed by atoms with E-state index in [-0.39, 0.29) is 4.90 Å². The molecular weight excluding hydrogens is 568 g/mol. The van der Waals surface area contributed by atoms with Crippen LogP contribution in [0, 0.1) is 11.8 Å². The molecule has 2 fully saturated rings. The first-order valence-electron chi connectivity index (χ1n) is 14.8. The monoisotopic (exact) mass is 604 g/mol. The lowest BCUT2D eigenvalue weighted by Gasteiger charge is -2.37. The van der Waals surface area contributed by atoms with E-state index in [1.807, 2.05) is 6.07 Å². The number of fused-ring (bicyclic) bond motifs is 1. The van der Waals surface area contributed by atoms with Gasteiger partial charge < -0.3 is 15.1 Å². The molecule has 1 saturated heterocycles. The summed E-state index contributed by atoms with van der Waals surface area (Å²) in [7, 11) is -3.53. The molecule has 1 aromatic heterocycles. The van der Waals surface area contributed by atoms with E-state index in [9.17, 15) is 8.42 Å². The Morgan fingerprint density at radius 3 is 2.07 bits per heavy atom. The molecule has 1 aliphatic heterocycles. The Bertz CT molecular complexity index is 1590. The summed E-state index contributed by atoms with van der Waals surface area (Å²) in [6.45, 7) is 4.97. The van der Waals surface area contributed by atoms with E-state index in [4.69, 9.17) is 21.6 Å². The third kappa shape index (κ3) is 6.80. The summed E-state index contributed by atoms with van der Waals surface area (Å²) in [4.78, 5) is 14.9. The Kier molecular flexibility index (Phi) is 8.79. The van der Waals surface area contributed by atoms with Crippen LogP contribution in [-0.4, -0.2) is 57.7 Å². The van der Waals surface area contributed by atoms with Crippen LogP contribution in [0.4, 0.5) is 17.5 Å². The minimum atomic E-state index is -3.53. The zero-order chi connectivity index (χ0) is 28.9. The molecule has 1 aliphatic carbocycles. The number of rotatable bonds is 9. The molecule has 0 bridgehead atoms. The summed E-state index contributed by atoms with van der Waals surface area (Å²) in [5, 5.41) is 5.14. The van der Waals surface area contributed by atoms with Crippen molar-refractivity contribution in [2.45, 2.75) is 30.6 Å². The maximum absolute atomic E-state index is 12.6. The molecule has 2 heterocycles. The van der Waals surface area contributed by atoms with Gasteiger partial charge in [-0.15, -0.1) is 0 Å². The summed E-state index contributed by atoms with van der Waals surface area (Å²) in [5.41, 5.74) is 2.22. The van der Waals surface area contributed by atoms with E-state index in [2.05, 4.69) is 68.4 Å². The second-order valence-corrected chi connectivity index (χ2v) is 13.5. The molecule has 42 heavy (non-hydrogen) atoms. The molecule has 10 heteroatoms. The van der Waals surface area contributed by atoms with Crippen molar-refractivity contribution in [3.8, 4) is 0 Å². The van der Waals surface area contributed by atoms with E-state index in [0.717, 1.165) is 75.1 Å². The van der Waals surface area contributed by atoms with E-state index >= 15 is 0 Å². The molecule has 0 unspecified atom stereocenters. The standard InChI is InChI=1S/C32H37ClN6O2S/c33-26-14-16-28(17-15-26)42(40,41)35-23-25-12-10-24(11-13-25)22-34-32-36-30-9-5-4-8-29(30)31(37-32)39-20-18-38(19-21-39)27-6-2-1-3-7-27/h1-9,14-17,24-25,35H,10-13,18-23H2,(H,34,36,37). The van der Waals surface area contributed by atoms with Crippen LogP contribution in [0.3, 0.4) is 0 Å². The van der Waals surface area contributed by atoms with Crippen molar-refractivity contribution in [2.24, 2.45) is 11.8 Å². The smallest absolute Gasteiger partial charge is 0.240 e. The minimum Gasteiger partial charge on any atom is -0.368 e. The fraction of sp³-hybridized carbons (Fsp3) is 0.375. The van der Waals surface area contributed by atoms with Crippen molar-refractivity contribution >= 4 is 50.0 Å². The van der Waals surface area contributed by atoms with Crippen molar-refractivity contribution in [2.75, 3.05) is 54.4 Å². The van der Waals surface area contributed by atoms with Gasteiger partial charge >= 0.3 is 0 Å². The van der Waals surface area contributed by atoms with Crippen LogP contribution in [0.2, 0.25) is 5.02 Å². The molecule has 2 aliphatic rings. The fourth-order valence-corrected chi connectivity index (χ4v) is 7.24. The van der Waals surface area contributed by atoms with Crippen LogP contribution in [0.1, 0.15) is 25.7 Å². The summed E-state index contributed by atoms with van der Waals surface area (Å²) >= 11 is 5.90. The molecule has 2 N–H and O–H groups in total. The molecule has 1 saturated carbocycles. The third-order valence-electron chi connectivity index (χ3n) is 8.48. The molecule has 0 amide bonds. The summed E-state index contributed by atoms with van der Waals surface area (Å²) in [5.74, 6) is 2.50. The van der Waals surface area contributed by atoms with Crippen LogP contribution in [-0.2, 0) is 10.0 Å². The molecule has 8 nitrogen and oxygen atoms in total. The highest BCUT2D eigenvalue weighted by atomic mass is 35.5. The zero-order valence-corrected chi connectivity index (χ0v) is 25.2. The third-order valence-corrected chi connectivity index (χ3v) is 10.2. The first-order valence-corrected chi connectivity index (χ1v) is 16.6. The van der Waals surface area contributed by atoms with E-state index in [1.54, 1.807) is 12.1 Å². The van der Waals surface area contributed by atoms with E-state index < -0.39 is 10.0 Å². The van der Waals surface area contributed by atoms with Gasteiger partial charge in [0.1, 0.15) is 5.82 Å². The molecule has 0 spiro atoms. The van der Waals surface area contributed by atoms with Crippen LogP contribution in [0.25, 0.3) is 10.9 Å². The number of hydrogen-bond donors (Lipinski definition) is 2. The maximum atomic E-state index is 12.6. The lowest BCUT2D eigenvalue weighted by atomic mass is 9.82. The lowest BCUT2D eigenvalue weighted by Crippen LogP contribution is -2.47. The number of para-hydroxylation sites is 2. The maximum Gasteiger partial charge on any atom is 0.240 e. The van der Waals surface area contributed by atoms with Crippen molar-refractivity contribution in [1.29, 1.82) is 0 Å². The average Bonchev–Trinajstić information content (AvgIpc) is 3.03. The Hall–Kier alpha value is -3.40. The topological polar surface area (TPSA) is 90.5 Å². The Balaban J connectivity index is 1.03. The lowest BCUT2D eigenvalue weighted by molar-refractivity contribution is 0.284. The second kappa shape index (κ2) is 12.9. The van der Waals surface area contributed by atoms with Gasteiger partial charge in [0.25, 0.3) is 0 Å². The predicted molar refractivity (Wildman–Crippen MR) is 171 cm³/mol. The quantitative estimate of drug-likeness (QED) is 0.249. The van der Waals surface area contributed by atoms with E-state index in [0.29, 0.717) is 29.4 Å². The fourth-order valence-electron chi connectivity index (χ4n) is 6.00. The molecule has 4 aromatic rings. The number of benzene rings is 3. The van der Waals surface area contributed by atoms with Gasteiger partial charge in [-0.05, 0) is 86.1 Å². The number of nitrogens with zero attached hydrogens (tertiary/aromatic N) is 4. The van der Waals surface area contributed by atoms with Gasteiger partial charge in [-0.1, -0.05) is 41.9 Å². The molecule has 6 rings (SSSR count). The number of piperazine rings is 1. The van der Waals surface area contributed by atoms with Gasteiger partial charge in [0.15, 0.2) is 0 Å². The van der Waals surface area contributed by atoms with Gasteiger partial charge in [0, 0.05) is 55.4 Å². The van der Waals surface area contributed by atoms with Gasteiger partial charge in [-0.2, -0.15) is 4.98 Å². The minimum absolute atomic E-state index is 0.248. The van der Waals surface area contributed by atoms with Crippen molar-refractivity contribution in [1.82, 2.24) is 14.7 Å². The summed E-state index contributed by atoms with van der Waals surface area (Å²) in [6, 6.07) is 25.1. The Labute approximate surface area is 253 Å². The van der Waals surface area contributed by atoms with Crippen molar-refractivity contribution in [3.63, 3.8) is 0 Å². The number of hydrogen-bond acceptors (Lipinski definition) is 7. The summed E-state index contributed by atoms with van der Waals surface area (Å²) < 4.78 is 28.1. The number of aromatic nitrogens is 2. The van der Waals surface area contributed by atoms with Crippen molar-refractivity contribution < 1.29 is 8.42 Å². The molecule has 0 radical (unpaired) electrons. The Morgan fingerprint density at radius 1 is 0.738 bits per heavy atom. The van der Waals surface area contributed by atoms with Crippen LogP contribution in [0.15, 0.2) is 83.8 Å². The first-order chi connectivity index (χ1) is 20.4. The number of anilines is 3. The second-order valence-electron chi connectivity index (χ2n) is 11.3. The number of sulfonamides is 1. The SMILES string of the molecule is O=S(=O)(NCC1CCC(CNc2nc(N3CCN(c4ccccc4)CC3)c3ccccc3n2)CC1)c1ccc(Cl)cc1. The van der Waals surface area contributed by atoms with Gasteiger partial charge in [0.2, 0.25) is 16.0 Å². The predicted octanol–water partition coefficient (Wildman–Crippen LogP) is 5.81. The highest BCUT2D eigenvalue weighted by molar-refractivity contribution is 7.89. The number of nitrogens with one attached hydrogen (secondary N) is 2. The first kappa shape index (κ1) is 28.7. The van der Waals surface area contributed by atoms with Crippen LogP contribution < -0.4 is 19.8 Å². The van der Waals surface area contributed by atoms with Gasteiger partial charge in [-0.25, -0.2) is 18.1 Å². The number of halogens is 1. The Morgan fingerprint density at radius 2 is 1.36 bits per heavy atom. The molecule has 0 atom stereocenters. The zero-order valence-electron chi connectivity index (χ0n) is 23.6. The van der Waals surface area contributed by atoms with Crippen LogP contribution >= 0.6 is 11.6 Å². The largest absolute Gasteiger partial charge is 0.368 e. The van der Waals surface area contributed by atoms with Gasteiger partial charge in [-0.3, -0.25) is 0 Å². The van der Waals surface area contributed by atoms with Crippen LogP contribution in [0.5, 0.6) is 0 Å². The van der Waals surface area contributed by atoms with Crippen molar-refractivity contribution in [3.05, 3.63) is 83.9 Å². The molecule has 3 aromatic carbocycles. The normalized spacial score (nSPS) is 19.6.